The van der Waals surface area contributed by atoms with Crippen molar-refractivity contribution in [1.82, 2.24) is 0 Å². The monoisotopic (exact) mass is 795 g/mol. The van der Waals surface area contributed by atoms with E-state index in [1.807, 2.05) is 13.8 Å². The van der Waals surface area contributed by atoms with Crippen molar-refractivity contribution >= 4 is 0 Å². The fraction of sp³-hybridized carbons (Fsp3) is 0.960. The first-order valence-electron chi connectivity index (χ1n) is 23.9. The molecule has 0 bridgehead atoms. The van der Waals surface area contributed by atoms with Crippen molar-refractivity contribution in [3.8, 4) is 0 Å². The molecular weight excluding hydrogens is 697 g/mol. The van der Waals surface area contributed by atoms with Gasteiger partial charge in [0.15, 0.2) is 12.6 Å². The average Bonchev–Trinajstić information content (AvgIpc) is 3.18. The number of hydrogen-bond donors (Lipinski definition) is 0. The average molecular weight is 795 g/mol. The zero-order valence-corrected chi connectivity index (χ0v) is 39.9. The second-order valence-electron chi connectivity index (χ2n) is 20.0. The SMILES string of the molecule is CC1=CCC(C)CC1.CC1CCC(C)CC1.CC1CCC(C)CC1.CC1CCC(C)OC1.CC1CCC(C)OC1.CC1COC(C)OC1.CC1COC(C)OC1. The van der Waals surface area contributed by atoms with Gasteiger partial charge in [-0.25, -0.2) is 0 Å². The molecule has 4 saturated heterocycles. The lowest BCUT2D eigenvalue weighted by Crippen LogP contribution is -2.27. The van der Waals surface area contributed by atoms with Gasteiger partial charge in [0.05, 0.1) is 38.6 Å². The van der Waals surface area contributed by atoms with Gasteiger partial charge in [-0.05, 0) is 121 Å². The molecule has 5 atom stereocenters. The quantitative estimate of drug-likeness (QED) is 0.228. The lowest BCUT2D eigenvalue weighted by Gasteiger charge is -2.24. The van der Waals surface area contributed by atoms with E-state index in [1.165, 1.54) is 96.3 Å². The first-order valence-corrected chi connectivity index (χ1v) is 23.9. The molecule has 334 valence electrons. The van der Waals surface area contributed by atoms with E-state index in [-0.39, 0.29) is 12.6 Å². The fourth-order valence-corrected chi connectivity index (χ4v) is 7.37. The molecule has 0 aromatic heterocycles. The highest BCUT2D eigenvalue weighted by atomic mass is 16.7. The Morgan fingerprint density at radius 3 is 0.804 bits per heavy atom. The van der Waals surface area contributed by atoms with E-state index < -0.39 is 0 Å². The van der Waals surface area contributed by atoms with Gasteiger partial charge in [-0.1, -0.05) is 125 Å². The predicted molar refractivity (Wildman–Crippen MR) is 239 cm³/mol. The first kappa shape index (κ1) is 53.5. The smallest absolute Gasteiger partial charge is 0.154 e. The van der Waals surface area contributed by atoms with Gasteiger partial charge in [-0.2, -0.15) is 0 Å². The second-order valence-corrected chi connectivity index (χ2v) is 20.0. The molecule has 3 aliphatic carbocycles. The van der Waals surface area contributed by atoms with Gasteiger partial charge in [-0.15, -0.1) is 0 Å². The maximum atomic E-state index is 5.39. The molecular formula is C50H98O6. The molecule has 4 aliphatic heterocycles. The van der Waals surface area contributed by atoms with Crippen LogP contribution in [0.3, 0.4) is 0 Å². The minimum Gasteiger partial charge on any atom is -0.378 e. The minimum atomic E-state index is 0.0196. The van der Waals surface area contributed by atoms with Crippen LogP contribution in [-0.4, -0.2) is 64.4 Å². The molecule has 6 fully saturated rings. The highest BCUT2D eigenvalue weighted by Gasteiger charge is 2.17. The van der Waals surface area contributed by atoms with E-state index in [2.05, 4.69) is 89.2 Å². The molecule has 0 amide bonds. The number of ether oxygens (including phenoxy) is 6. The van der Waals surface area contributed by atoms with Gasteiger partial charge in [0.1, 0.15) is 0 Å². The molecule has 0 radical (unpaired) electrons. The third-order valence-electron chi connectivity index (χ3n) is 12.4. The van der Waals surface area contributed by atoms with Gasteiger partial charge in [0, 0.05) is 25.0 Å². The summed E-state index contributed by atoms with van der Waals surface area (Å²) in [6.45, 7) is 36.2. The molecule has 0 aromatic rings. The summed E-state index contributed by atoms with van der Waals surface area (Å²) < 4.78 is 31.5. The summed E-state index contributed by atoms with van der Waals surface area (Å²) >= 11 is 0. The molecule has 0 aromatic carbocycles. The number of rotatable bonds is 0. The van der Waals surface area contributed by atoms with Gasteiger partial charge in [-0.3, -0.25) is 0 Å². The van der Waals surface area contributed by atoms with Crippen molar-refractivity contribution < 1.29 is 28.4 Å². The second kappa shape index (κ2) is 32.3. The highest BCUT2D eigenvalue weighted by molar-refractivity contribution is 5.02. The van der Waals surface area contributed by atoms with Crippen LogP contribution in [0.4, 0.5) is 0 Å². The van der Waals surface area contributed by atoms with Gasteiger partial charge < -0.3 is 28.4 Å². The molecule has 2 saturated carbocycles. The lowest BCUT2D eigenvalue weighted by atomic mass is 9.84. The van der Waals surface area contributed by atoms with E-state index in [0.717, 1.165) is 81.1 Å². The summed E-state index contributed by atoms with van der Waals surface area (Å²) in [5.41, 5.74) is 1.59. The van der Waals surface area contributed by atoms with E-state index in [0.29, 0.717) is 24.0 Å². The maximum Gasteiger partial charge on any atom is 0.154 e. The first-order chi connectivity index (χ1) is 26.5. The molecule has 6 nitrogen and oxygen atoms in total. The predicted octanol–water partition coefficient (Wildman–Crippen LogP) is 14.1. The Balaban J connectivity index is 0.000000327. The highest BCUT2D eigenvalue weighted by Crippen LogP contribution is 2.28. The van der Waals surface area contributed by atoms with Crippen LogP contribution < -0.4 is 0 Å². The van der Waals surface area contributed by atoms with Crippen LogP contribution in [0.2, 0.25) is 0 Å². The fourth-order valence-electron chi connectivity index (χ4n) is 7.37. The largest absolute Gasteiger partial charge is 0.378 e. The van der Waals surface area contributed by atoms with Gasteiger partial charge in [0.25, 0.3) is 0 Å². The Morgan fingerprint density at radius 1 is 0.321 bits per heavy atom. The summed E-state index contributed by atoms with van der Waals surface area (Å²) in [6.07, 6.45) is 24.5. The van der Waals surface area contributed by atoms with Crippen molar-refractivity contribution in [3.63, 3.8) is 0 Å². The Morgan fingerprint density at radius 2 is 0.607 bits per heavy atom. The van der Waals surface area contributed by atoms with Crippen LogP contribution in [0.1, 0.15) is 193 Å². The minimum absolute atomic E-state index is 0.0196. The van der Waals surface area contributed by atoms with Crippen molar-refractivity contribution in [2.45, 2.75) is 218 Å². The molecule has 0 N–H and O–H groups in total. The number of hydrogen-bond acceptors (Lipinski definition) is 6. The Hall–Kier alpha value is -0.500. The zero-order chi connectivity index (χ0) is 41.9. The topological polar surface area (TPSA) is 55.4 Å². The van der Waals surface area contributed by atoms with Crippen molar-refractivity contribution in [2.75, 3.05) is 39.6 Å². The summed E-state index contributed by atoms with van der Waals surface area (Å²) in [4.78, 5) is 0. The van der Waals surface area contributed by atoms with Gasteiger partial charge >= 0.3 is 0 Å². The molecule has 5 unspecified atom stereocenters. The van der Waals surface area contributed by atoms with Crippen molar-refractivity contribution in [2.24, 2.45) is 53.3 Å². The third kappa shape index (κ3) is 30.5. The van der Waals surface area contributed by atoms with E-state index in [1.54, 1.807) is 5.57 Å². The summed E-state index contributed by atoms with van der Waals surface area (Å²) in [7, 11) is 0. The van der Waals surface area contributed by atoms with Crippen LogP contribution in [0.5, 0.6) is 0 Å². The molecule has 4 heterocycles. The zero-order valence-electron chi connectivity index (χ0n) is 39.9. The summed E-state index contributed by atoms with van der Waals surface area (Å²) in [6, 6.07) is 0. The molecule has 7 rings (SSSR count). The van der Waals surface area contributed by atoms with Gasteiger partial charge in [0.2, 0.25) is 0 Å². The lowest BCUT2D eigenvalue weighted by molar-refractivity contribution is -0.187. The van der Waals surface area contributed by atoms with Crippen LogP contribution in [0.15, 0.2) is 11.6 Å². The van der Waals surface area contributed by atoms with E-state index in [9.17, 15) is 0 Å². The Kier molecular flexibility index (Phi) is 30.9. The van der Waals surface area contributed by atoms with Crippen molar-refractivity contribution in [3.05, 3.63) is 11.6 Å². The molecule has 7 aliphatic rings. The van der Waals surface area contributed by atoms with Crippen LogP contribution in [0, 0.1) is 53.3 Å². The Bertz CT molecular complexity index is 677. The standard InChI is InChI=1S/2C8H16.C8H14.2C7H14O.2C6H12O2/c3*1-7-3-5-8(2)6-4-7;2*1-6-3-4-7(2)8-5-6;2*1-5-3-7-6(2)8-4-5/h2*7-8H,3-6H2,1-2H3;3,8H,4-6H2,1-2H3;2*6-7H,3-5H2,1-2H3;2*5-6H,3-4H2,1-2H3. The number of allylic oxidation sites excluding steroid dienone is 2. The summed E-state index contributed by atoms with van der Waals surface area (Å²) in [5.74, 6) is 7.77. The van der Waals surface area contributed by atoms with E-state index >= 15 is 0 Å². The summed E-state index contributed by atoms with van der Waals surface area (Å²) in [5, 5.41) is 0. The third-order valence-corrected chi connectivity index (χ3v) is 12.4. The maximum absolute atomic E-state index is 5.39. The molecule has 0 spiro atoms. The van der Waals surface area contributed by atoms with Crippen LogP contribution in [-0.2, 0) is 28.4 Å². The Labute approximate surface area is 350 Å². The van der Waals surface area contributed by atoms with Crippen LogP contribution >= 0.6 is 0 Å². The van der Waals surface area contributed by atoms with Crippen molar-refractivity contribution in [1.29, 1.82) is 0 Å². The normalized spacial score (nSPS) is 38.3. The molecule has 6 heteroatoms. The van der Waals surface area contributed by atoms with E-state index in [4.69, 9.17) is 28.4 Å². The van der Waals surface area contributed by atoms with Crippen LogP contribution in [0.25, 0.3) is 0 Å². The molecule has 56 heavy (non-hydrogen) atoms.